The number of hydrogen-bond acceptors (Lipinski definition) is 3. The Balaban J connectivity index is 2.21. The van der Waals surface area contributed by atoms with Crippen LogP contribution in [-0.4, -0.2) is 30.6 Å². The number of nitrogens with one attached hydrogen (secondary N) is 1. The van der Waals surface area contributed by atoms with Gasteiger partial charge in [0.05, 0.1) is 0 Å². The standard InChI is InChI=1S/C15H23F2N3/c1-20(2)15(7-3-4-8-15)14(19-18)10-11-5-6-12(16)13(17)9-11/h5-6,9,14,19H,3-4,7-8,10,18H2,1-2H3. The van der Waals surface area contributed by atoms with E-state index >= 15 is 0 Å². The number of rotatable bonds is 5. The Bertz CT molecular complexity index is 456. The van der Waals surface area contributed by atoms with Crippen LogP contribution >= 0.6 is 0 Å². The van der Waals surface area contributed by atoms with Crippen molar-refractivity contribution in [3.63, 3.8) is 0 Å². The lowest BCUT2D eigenvalue weighted by Crippen LogP contribution is -2.60. The summed E-state index contributed by atoms with van der Waals surface area (Å²) in [4.78, 5) is 2.21. The molecule has 0 amide bonds. The number of likely N-dealkylation sites (N-methyl/N-ethyl adjacent to an activating group) is 1. The first-order chi connectivity index (χ1) is 9.49. The minimum atomic E-state index is -0.811. The third-order valence-corrected chi connectivity index (χ3v) is 4.63. The fourth-order valence-electron chi connectivity index (χ4n) is 3.40. The van der Waals surface area contributed by atoms with Gasteiger partial charge in [-0.3, -0.25) is 11.3 Å². The molecule has 5 heteroatoms. The van der Waals surface area contributed by atoms with E-state index in [2.05, 4.69) is 24.4 Å². The van der Waals surface area contributed by atoms with Gasteiger partial charge >= 0.3 is 0 Å². The number of nitrogens with zero attached hydrogens (tertiary/aromatic N) is 1. The predicted molar refractivity (Wildman–Crippen MR) is 76.1 cm³/mol. The van der Waals surface area contributed by atoms with Crippen LogP contribution in [0.5, 0.6) is 0 Å². The zero-order chi connectivity index (χ0) is 14.8. The van der Waals surface area contributed by atoms with Crippen LogP contribution in [0, 0.1) is 11.6 Å². The lowest BCUT2D eigenvalue weighted by atomic mass is 9.83. The van der Waals surface area contributed by atoms with Gasteiger partial charge in [-0.2, -0.15) is 0 Å². The van der Waals surface area contributed by atoms with Crippen molar-refractivity contribution in [2.75, 3.05) is 14.1 Å². The Morgan fingerprint density at radius 1 is 1.25 bits per heavy atom. The third kappa shape index (κ3) is 2.85. The molecule has 1 aromatic rings. The second kappa shape index (κ2) is 6.16. The highest BCUT2D eigenvalue weighted by Crippen LogP contribution is 2.37. The highest BCUT2D eigenvalue weighted by Gasteiger charge is 2.42. The number of halogens is 2. The Hall–Kier alpha value is -1.04. The summed E-state index contributed by atoms with van der Waals surface area (Å²) in [6, 6.07) is 4.08. The van der Waals surface area contributed by atoms with Gasteiger partial charge in [-0.1, -0.05) is 18.9 Å². The quantitative estimate of drug-likeness (QED) is 0.643. The molecular weight excluding hydrogens is 260 g/mol. The van der Waals surface area contributed by atoms with Gasteiger partial charge in [0.15, 0.2) is 11.6 Å². The Morgan fingerprint density at radius 3 is 2.40 bits per heavy atom. The molecule has 1 aromatic carbocycles. The van der Waals surface area contributed by atoms with Crippen molar-refractivity contribution in [2.24, 2.45) is 5.84 Å². The van der Waals surface area contributed by atoms with Crippen molar-refractivity contribution in [2.45, 2.75) is 43.7 Å². The maximum absolute atomic E-state index is 13.3. The molecule has 1 aliphatic carbocycles. The van der Waals surface area contributed by atoms with Crippen molar-refractivity contribution in [3.8, 4) is 0 Å². The Morgan fingerprint density at radius 2 is 1.90 bits per heavy atom. The minimum absolute atomic E-state index is 0.0143. The van der Waals surface area contributed by atoms with E-state index in [1.165, 1.54) is 25.0 Å². The first kappa shape index (κ1) is 15.4. The van der Waals surface area contributed by atoms with E-state index in [0.717, 1.165) is 18.4 Å². The third-order valence-electron chi connectivity index (χ3n) is 4.63. The second-order valence-electron chi connectivity index (χ2n) is 5.88. The molecule has 0 heterocycles. The van der Waals surface area contributed by atoms with Gasteiger partial charge in [-0.05, 0) is 51.1 Å². The average Bonchev–Trinajstić information content (AvgIpc) is 2.90. The van der Waals surface area contributed by atoms with Gasteiger partial charge < -0.3 is 4.90 Å². The van der Waals surface area contributed by atoms with Crippen LogP contribution in [0.2, 0.25) is 0 Å². The zero-order valence-corrected chi connectivity index (χ0v) is 12.1. The predicted octanol–water partition coefficient (Wildman–Crippen LogP) is 2.21. The lowest BCUT2D eigenvalue weighted by Gasteiger charge is -2.43. The molecule has 1 fully saturated rings. The van der Waals surface area contributed by atoms with Crippen molar-refractivity contribution in [1.82, 2.24) is 10.3 Å². The van der Waals surface area contributed by atoms with Gasteiger partial charge in [-0.25, -0.2) is 8.78 Å². The van der Waals surface area contributed by atoms with Crippen LogP contribution in [0.25, 0.3) is 0 Å². The maximum Gasteiger partial charge on any atom is 0.159 e. The summed E-state index contributed by atoms with van der Waals surface area (Å²) in [6.07, 6.45) is 5.07. The molecule has 1 aliphatic rings. The lowest BCUT2D eigenvalue weighted by molar-refractivity contribution is 0.104. The topological polar surface area (TPSA) is 41.3 Å². The summed E-state index contributed by atoms with van der Waals surface area (Å²) in [7, 11) is 4.11. The van der Waals surface area contributed by atoms with Crippen LogP contribution < -0.4 is 11.3 Å². The van der Waals surface area contributed by atoms with Crippen LogP contribution in [0.4, 0.5) is 8.78 Å². The summed E-state index contributed by atoms with van der Waals surface area (Å²) in [5, 5.41) is 0. The highest BCUT2D eigenvalue weighted by atomic mass is 19.2. The van der Waals surface area contributed by atoms with Crippen molar-refractivity contribution in [3.05, 3.63) is 35.4 Å². The first-order valence-corrected chi connectivity index (χ1v) is 7.07. The van der Waals surface area contributed by atoms with Gasteiger partial charge in [-0.15, -0.1) is 0 Å². The SMILES string of the molecule is CN(C)C1(C(Cc2ccc(F)c(F)c2)NN)CCCC1. The van der Waals surface area contributed by atoms with Crippen molar-refractivity contribution < 1.29 is 8.78 Å². The molecule has 0 radical (unpaired) electrons. The molecule has 0 saturated heterocycles. The van der Waals surface area contributed by atoms with Crippen LogP contribution in [0.15, 0.2) is 18.2 Å². The normalized spacial score (nSPS) is 19.5. The highest BCUT2D eigenvalue weighted by molar-refractivity contribution is 5.20. The molecule has 3 N–H and O–H groups in total. The number of hydrogen-bond donors (Lipinski definition) is 2. The average molecular weight is 283 g/mol. The van der Waals surface area contributed by atoms with E-state index in [0.29, 0.717) is 6.42 Å². The van der Waals surface area contributed by atoms with Crippen LogP contribution in [0.3, 0.4) is 0 Å². The second-order valence-corrected chi connectivity index (χ2v) is 5.88. The molecule has 0 bridgehead atoms. The molecule has 0 aliphatic heterocycles. The summed E-state index contributed by atoms with van der Waals surface area (Å²) >= 11 is 0. The number of benzene rings is 1. The summed E-state index contributed by atoms with van der Waals surface area (Å²) in [6.45, 7) is 0. The van der Waals surface area contributed by atoms with E-state index in [1.54, 1.807) is 6.07 Å². The Labute approximate surface area is 119 Å². The molecule has 3 nitrogen and oxygen atoms in total. The molecule has 112 valence electrons. The number of nitrogens with two attached hydrogens (primary N) is 1. The number of hydrazine groups is 1. The minimum Gasteiger partial charge on any atom is -0.302 e. The van der Waals surface area contributed by atoms with E-state index in [-0.39, 0.29) is 11.6 Å². The first-order valence-electron chi connectivity index (χ1n) is 7.07. The largest absolute Gasteiger partial charge is 0.302 e. The van der Waals surface area contributed by atoms with E-state index < -0.39 is 11.6 Å². The summed E-state index contributed by atoms with van der Waals surface area (Å²) in [5.41, 5.74) is 3.64. The Kier molecular flexibility index (Phi) is 4.73. The molecule has 0 spiro atoms. The van der Waals surface area contributed by atoms with Gasteiger partial charge in [0, 0.05) is 11.6 Å². The smallest absolute Gasteiger partial charge is 0.159 e. The molecule has 1 saturated carbocycles. The fraction of sp³-hybridized carbons (Fsp3) is 0.600. The molecule has 1 unspecified atom stereocenters. The van der Waals surface area contributed by atoms with Gasteiger partial charge in [0.2, 0.25) is 0 Å². The van der Waals surface area contributed by atoms with Crippen molar-refractivity contribution in [1.29, 1.82) is 0 Å². The van der Waals surface area contributed by atoms with Crippen molar-refractivity contribution >= 4 is 0 Å². The molecule has 1 atom stereocenters. The zero-order valence-electron chi connectivity index (χ0n) is 12.1. The maximum atomic E-state index is 13.3. The fourth-order valence-corrected chi connectivity index (χ4v) is 3.40. The van der Waals surface area contributed by atoms with Crippen LogP contribution in [0.1, 0.15) is 31.2 Å². The van der Waals surface area contributed by atoms with E-state index in [9.17, 15) is 8.78 Å². The van der Waals surface area contributed by atoms with Crippen LogP contribution in [-0.2, 0) is 6.42 Å². The molecule has 2 rings (SSSR count). The molecular formula is C15H23F2N3. The molecule has 0 aromatic heterocycles. The monoisotopic (exact) mass is 283 g/mol. The van der Waals surface area contributed by atoms with Gasteiger partial charge in [0.1, 0.15) is 0 Å². The van der Waals surface area contributed by atoms with Gasteiger partial charge in [0.25, 0.3) is 0 Å². The summed E-state index contributed by atoms with van der Waals surface area (Å²) in [5.74, 6) is 4.13. The molecule has 20 heavy (non-hydrogen) atoms. The summed E-state index contributed by atoms with van der Waals surface area (Å²) < 4.78 is 26.3. The van der Waals surface area contributed by atoms with E-state index in [4.69, 9.17) is 5.84 Å². The van der Waals surface area contributed by atoms with E-state index in [1.807, 2.05) is 0 Å².